The highest BCUT2D eigenvalue weighted by Gasteiger charge is 2.32. The first kappa shape index (κ1) is 25.9. The first-order valence-electron chi connectivity index (χ1n) is 10.6. The molecule has 0 unspecified atom stereocenters. The van der Waals surface area contributed by atoms with E-state index in [0.29, 0.717) is 33.9 Å². The summed E-state index contributed by atoms with van der Waals surface area (Å²) in [5, 5.41) is 18.7. The number of halogens is 3. The fourth-order valence-electron chi connectivity index (χ4n) is 3.02. The molecule has 0 aliphatic rings. The number of rotatable bonds is 9. The molecule has 0 radical (unpaired) electrons. The smallest absolute Gasteiger partial charge is 0.433 e. The van der Waals surface area contributed by atoms with Crippen LogP contribution in [0.3, 0.4) is 0 Å². The van der Waals surface area contributed by atoms with Gasteiger partial charge in [0.2, 0.25) is 0 Å². The molecule has 0 aliphatic heterocycles. The van der Waals surface area contributed by atoms with Gasteiger partial charge in [-0.3, -0.25) is 4.98 Å². The number of hydrogen-bond acceptors (Lipinski definition) is 7. The van der Waals surface area contributed by atoms with E-state index in [1.807, 2.05) is 0 Å². The molecule has 2 N–H and O–H groups in total. The number of nitrogens with zero attached hydrogens (tertiary/aromatic N) is 3. The van der Waals surface area contributed by atoms with Crippen molar-refractivity contribution in [2.24, 2.45) is 0 Å². The number of alkyl halides is 3. The molecule has 0 amide bonds. The third kappa shape index (κ3) is 6.44. The van der Waals surface area contributed by atoms with Crippen LogP contribution >= 0.6 is 0 Å². The molecule has 11 heteroatoms. The van der Waals surface area contributed by atoms with Crippen LogP contribution in [0.1, 0.15) is 36.4 Å². The molecule has 3 rings (SSSR count). The molecule has 186 valence electrons. The second-order valence-corrected chi connectivity index (χ2v) is 8.20. The van der Waals surface area contributed by atoms with Gasteiger partial charge >= 0.3 is 12.1 Å². The Morgan fingerprint density at radius 2 is 1.83 bits per heavy atom. The van der Waals surface area contributed by atoms with Crippen molar-refractivity contribution >= 4 is 5.97 Å². The van der Waals surface area contributed by atoms with Gasteiger partial charge in [-0.1, -0.05) is 0 Å². The molecule has 3 aromatic rings. The van der Waals surface area contributed by atoms with Crippen LogP contribution in [0.25, 0.3) is 11.4 Å². The number of hydrogen-bond donors (Lipinski definition) is 2. The Morgan fingerprint density at radius 1 is 1.09 bits per heavy atom. The second kappa shape index (κ2) is 10.3. The largest absolute Gasteiger partial charge is 0.489 e. The Labute approximate surface area is 199 Å². The normalized spacial score (nSPS) is 11.9. The number of pyridine rings is 1. The summed E-state index contributed by atoms with van der Waals surface area (Å²) in [6.07, 6.45) is -1.81. The van der Waals surface area contributed by atoms with Crippen LogP contribution in [0.4, 0.5) is 13.2 Å². The van der Waals surface area contributed by atoms with E-state index in [0.717, 1.165) is 12.3 Å². The number of aliphatic carboxylic acids is 1. The zero-order valence-electron chi connectivity index (χ0n) is 19.3. The molecule has 0 saturated heterocycles. The highest BCUT2D eigenvalue weighted by atomic mass is 19.4. The molecule has 2 heterocycles. The number of aliphatic hydroxyl groups is 1. The van der Waals surface area contributed by atoms with Gasteiger partial charge in [0.1, 0.15) is 23.8 Å². The van der Waals surface area contributed by atoms with Crippen LogP contribution < -0.4 is 9.47 Å². The minimum absolute atomic E-state index is 0.0706. The minimum atomic E-state index is -4.54. The van der Waals surface area contributed by atoms with Crippen LogP contribution in [-0.2, 0) is 24.0 Å². The quantitative estimate of drug-likeness (QED) is 0.457. The van der Waals surface area contributed by atoms with Crippen LogP contribution in [0.15, 0.2) is 42.7 Å². The molecular weight excluding hydrogens is 467 g/mol. The molecular formula is C24H24F3N3O5. The fourth-order valence-corrected chi connectivity index (χ4v) is 3.02. The monoisotopic (exact) mass is 491 g/mol. The molecule has 8 nitrogen and oxygen atoms in total. The van der Waals surface area contributed by atoms with Crippen molar-refractivity contribution in [2.75, 3.05) is 6.61 Å². The Kier molecular flexibility index (Phi) is 7.59. The number of carboxylic acid groups (broad SMARTS) is 1. The zero-order chi connectivity index (χ0) is 25.8. The van der Waals surface area contributed by atoms with Crippen molar-refractivity contribution in [2.45, 2.75) is 45.6 Å². The number of aromatic nitrogens is 3. The Bertz CT molecular complexity index is 1200. The maximum absolute atomic E-state index is 12.7. The summed E-state index contributed by atoms with van der Waals surface area (Å²) in [5.74, 6) is -0.0153. The average Bonchev–Trinajstić information content (AvgIpc) is 2.79. The lowest BCUT2D eigenvalue weighted by atomic mass is 10.1. The first-order valence-corrected chi connectivity index (χ1v) is 10.6. The van der Waals surface area contributed by atoms with Crippen molar-refractivity contribution in [3.05, 3.63) is 65.2 Å². The van der Waals surface area contributed by atoms with E-state index < -0.39 is 23.4 Å². The second-order valence-electron chi connectivity index (χ2n) is 8.20. The molecule has 0 spiro atoms. The molecule has 0 aliphatic carbocycles. The van der Waals surface area contributed by atoms with Gasteiger partial charge in [-0.25, -0.2) is 14.8 Å². The fraction of sp³-hybridized carbons (Fsp3) is 0.333. The van der Waals surface area contributed by atoms with E-state index in [1.54, 1.807) is 25.1 Å². The van der Waals surface area contributed by atoms with Crippen molar-refractivity contribution in [1.82, 2.24) is 15.0 Å². The summed E-state index contributed by atoms with van der Waals surface area (Å²) in [7, 11) is 0. The van der Waals surface area contributed by atoms with Crippen molar-refractivity contribution in [1.29, 1.82) is 0 Å². The summed E-state index contributed by atoms with van der Waals surface area (Å²) in [5.41, 5.74) is -0.354. The van der Waals surface area contributed by atoms with Crippen LogP contribution in [0.5, 0.6) is 11.5 Å². The van der Waals surface area contributed by atoms with Gasteiger partial charge in [0.25, 0.3) is 0 Å². The Balaban J connectivity index is 1.76. The van der Waals surface area contributed by atoms with Crippen molar-refractivity contribution in [3.8, 4) is 22.9 Å². The standard InChI is InChI=1S/C24H24F3N3O5/c1-14-10-17(5-6-19(14)35-23(2,3)22(32)33)34-13-16-12-29-21(30-18(16)8-9-31)15-4-7-20(28-11-15)24(25,26)27/h4-7,10-12,31H,8-9,13H2,1-3H3,(H,32,33). The molecule has 1 aromatic carbocycles. The van der Waals surface area contributed by atoms with Crippen LogP contribution in [0.2, 0.25) is 0 Å². The number of carboxylic acids is 1. The van der Waals surface area contributed by atoms with Gasteiger partial charge in [-0.15, -0.1) is 0 Å². The number of benzene rings is 1. The van der Waals surface area contributed by atoms with E-state index in [2.05, 4.69) is 15.0 Å². The molecule has 2 aromatic heterocycles. The van der Waals surface area contributed by atoms with E-state index in [1.165, 1.54) is 26.1 Å². The third-order valence-corrected chi connectivity index (χ3v) is 5.04. The minimum Gasteiger partial charge on any atom is -0.489 e. The summed E-state index contributed by atoms with van der Waals surface area (Å²) in [4.78, 5) is 23.3. The van der Waals surface area contributed by atoms with Gasteiger partial charge in [-0.05, 0) is 56.7 Å². The van der Waals surface area contributed by atoms with Crippen LogP contribution in [0, 0.1) is 6.92 Å². The van der Waals surface area contributed by atoms with E-state index in [4.69, 9.17) is 9.47 Å². The number of aryl methyl sites for hydroxylation is 1. The third-order valence-electron chi connectivity index (χ3n) is 5.04. The predicted octanol–water partition coefficient (Wildman–Crippen LogP) is 4.22. The van der Waals surface area contributed by atoms with Gasteiger partial charge < -0.3 is 19.7 Å². The summed E-state index contributed by atoms with van der Waals surface area (Å²) < 4.78 is 49.6. The number of aliphatic hydroxyl groups excluding tert-OH is 1. The topological polar surface area (TPSA) is 115 Å². The van der Waals surface area contributed by atoms with Crippen molar-refractivity contribution in [3.63, 3.8) is 0 Å². The van der Waals surface area contributed by atoms with Gasteiger partial charge in [-0.2, -0.15) is 13.2 Å². The predicted molar refractivity (Wildman–Crippen MR) is 119 cm³/mol. The lowest BCUT2D eigenvalue weighted by Gasteiger charge is -2.23. The van der Waals surface area contributed by atoms with Crippen LogP contribution in [-0.4, -0.2) is 43.3 Å². The Hall–Kier alpha value is -3.73. The van der Waals surface area contributed by atoms with E-state index >= 15 is 0 Å². The lowest BCUT2D eigenvalue weighted by Crippen LogP contribution is -2.38. The van der Waals surface area contributed by atoms with E-state index in [9.17, 15) is 28.2 Å². The summed E-state index contributed by atoms with van der Waals surface area (Å²) in [6, 6.07) is 7.04. The molecule has 0 atom stereocenters. The lowest BCUT2D eigenvalue weighted by molar-refractivity contribution is -0.152. The highest BCUT2D eigenvalue weighted by molar-refractivity contribution is 5.76. The summed E-state index contributed by atoms with van der Waals surface area (Å²) >= 11 is 0. The van der Waals surface area contributed by atoms with Gasteiger partial charge in [0, 0.05) is 36.5 Å². The highest BCUT2D eigenvalue weighted by Crippen LogP contribution is 2.29. The van der Waals surface area contributed by atoms with Gasteiger partial charge in [0.05, 0.1) is 5.69 Å². The Morgan fingerprint density at radius 3 is 2.40 bits per heavy atom. The maximum atomic E-state index is 12.7. The SMILES string of the molecule is Cc1cc(OCc2cnc(-c3ccc(C(F)(F)F)nc3)nc2CCO)ccc1OC(C)(C)C(=O)O. The van der Waals surface area contributed by atoms with E-state index in [-0.39, 0.29) is 25.5 Å². The molecule has 35 heavy (non-hydrogen) atoms. The molecule has 0 saturated carbocycles. The number of carbonyl (C=O) groups is 1. The molecule has 0 fully saturated rings. The van der Waals surface area contributed by atoms with Crippen molar-refractivity contribution < 1.29 is 37.7 Å². The van der Waals surface area contributed by atoms with Gasteiger partial charge in [0.15, 0.2) is 11.4 Å². The maximum Gasteiger partial charge on any atom is 0.433 e. The first-order chi connectivity index (χ1) is 16.4. The summed E-state index contributed by atoms with van der Waals surface area (Å²) in [6.45, 7) is 4.53. The average molecular weight is 491 g/mol. The zero-order valence-corrected chi connectivity index (χ0v) is 19.3. The molecule has 0 bridgehead atoms. The number of ether oxygens (including phenoxy) is 2.